The zero-order valence-corrected chi connectivity index (χ0v) is 17.6. The molecule has 2 aromatic rings. The molecule has 0 bridgehead atoms. The van der Waals surface area contributed by atoms with E-state index in [4.69, 9.17) is 15.2 Å². The highest BCUT2D eigenvalue weighted by atomic mass is 16.5. The third-order valence-electron chi connectivity index (χ3n) is 7.31. The number of hydrogen-bond acceptors (Lipinski definition) is 5. The second-order valence-corrected chi connectivity index (χ2v) is 9.14. The second kappa shape index (κ2) is 6.74. The smallest absolute Gasteiger partial charge is 0.355 e. The van der Waals surface area contributed by atoms with Gasteiger partial charge in [-0.25, -0.2) is 4.79 Å². The first-order valence-electron chi connectivity index (χ1n) is 10.9. The lowest BCUT2D eigenvalue weighted by molar-refractivity contribution is -0.0132. The summed E-state index contributed by atoms with van der Waals surface area (Å²) in [6, 6.07) is 8.31. The van der Waals surface area contributed by atoms with Crippen molar-refractivity contribution in [2.45, 2.75) is 63.0 Å². The van der Waals surface area contributed by atoms with E-state index in [2.05, 4.69) is 23.4 Å². The molecule has 3 aliphatic rings. The van der Waals surface area contributed by atoms with Gasteiger partial charge in [0, 0.05) is 17.5 Å². The largest absolute Gasteiger partial charge is 0.461 e. The molecule has 3 N–H and O–H groups in total. The van der Waals surface area contributed by atoms with Crippen molar-refractivity contribution in [3.63, 3.8) is 0 Å². The van der Waals surface area contributed by atoms with Crippen LogP contribution in [-0.2, 0) is 15.0 Å². The molecule has 1 spiro atoms. The van der Waals surface area contributed by atoms with E-state index in [1.165, 1.54) is 5.56 Å². The van der Waals surface area contributed by atoms with E-state index in [1.807, 2.05) is 17.6 Å². The van der Waals surface area contributed by atoms with Crippen molar-refractivity contribution in [3.8, 4) is 0 Å². The van der Waals surface area contributed by atoms with Crippen molar-refractivity contribution < 1.29 is 19.5 Å². The van der Waals surface area contributed by atoms with Gasteiger partial charge in [0.25, 0.3) is 0 Å². The van der Waals surface area contributed by atoms with Crippen LogP contribution in [0.15, 0.2) is 29.4 Å². The van der Waals surface area contributed by atoms with Gasteiger partial charge in [-0.2, -0.15) is 0 Å². The first kappa shape index (κ1) is 19.4. The van der Waals surface area contributed by atoms with Gasteiger partial charge < -0.3 is 25.0 Å². The molecule has 7 heteroatoms. The Morgan fingerprint density at radius 3 is 2.77 bits per heavy atom. The Balaban J connectivity index is 1.61. The van der Waals surface area contributed by atoms with Crippen LogP contribution in [0.3, 0.4) is 0 Å². The minimum Gasteiger partial charge on any atom is -0.461 e. The molecule has 1 aliphatic heterocycles. The van der Waals surface area contributed by atoms with Gasteiger partial charge in [0.15, 0.2) is 5.84 Å². The standard InChI is InChI=1S/C23H29N3O4/c1-3-29-20(27)19-11-17-10-15(16-6-9-30-22(13-16)7-8-22)4-5-18(17)26(19)23(12-14(23)2)21(24)25-28/h4-5,10-11,14,16,28H,3,6-9,12-13H2,1-2H3,(H2,24,25)/t14-,16-,23-/m1/s1. The molecule has 5 rings (SSSR count). The van der Waals surface area contributed by atoms with E-state index >= 15 is 0 Å². The topological polar surface area (TPSA) is 99.1 Å². The van der Waals surface area contributed by atoms with Crippen molar-refractivity contribution in [3.05, 3.63) is 35.5 Å². The van der Waals surface area contributed by atoms with Crippen LogP contribution in [0.4, 0.5) is 0 Å². The van der Waals surface area contributed by atoms with Gasteiger partial charge in [-0.05, 0) is 74.6 Å². The molecule has 2 heterocycles. The van der Waals surface area contributed by atoms with E-state index in [9.17, 15) is 10.0 Å². The maximum atomic E-state index is 12.8. The van der Waals surface area contributed by atoms with Gasteiger partial charge in [-0.1, -0.05) is 18.1 Å². The Labute approximate surface area is 175 Å². The fraction of sp³-hybridized carbons (Fsp3) is 0.565. The highest BCUT2D eigenvalue weighted by Gasteiger charge is 2.58. The van der Waals surface area contributed by atoms with Crippen molar-refractivity contribution in [2.75, 3.05) is 13.2 Å². The molecule has 3 fully saturated rings. The lowest BCUT2D eigenvalue weighted by atomic mass is 9.87. The number of aromatic nitrogens is 1. The Kier molecular flexibility index (Phi) is 4.36. The summed E-state index contributed by atoms with van der Waals surface area (Å²) in [4.78, 5) is 12.8. The number of rotatable bonds is 5. The average Bonchev–Trinajstić information content (AvgIpc) is 3.61. The summed E-state index contributed by atoms with van der Waals surface area (Å²) in [5.41, 5.74) is 8.18. The molecular weight excluding hydrogens is 382 g/mol. The molecule has 0 unspecified atom stereocenters. The number of hydrogen-bond donors (Lipinski definition) is 2. The van der Waals surface area contributed by atoms with Gasteiger partial charge >= 0.3 is 5.97 Å². The molecule has 0 amide bonds. The van der Waals surface area contributed by atoms with Gasteiger partial charge in [0.2, 0.25) is 0 Å². The fourth-order valence-electron chi connectivity index (χ4n) is 5.35. The number of amidine groups is 1. The SMILES string of the molecule is CCOC(=O)c1cc2cc([C@@H]3CCOC4(CC4)C3)ccc2n1[C@]1(C(N)=NO)C[C@H]1C. The highest BCUT2D eigenvalue weighted by Crippen LogP contribution is 2.53. The van der Waals surface area contributed by atoms with Crippen LogP contribution in [0.2, 0.25) is 0 Å². The zero-order valence-electron chi connectivity index (χ0n) is 17.6. The number of esters is 1. The van der Waals surface area contributed by atoms with Crippen molar-refractivity contribution >= 4 is 22.7 Å². The summed E-state index contributed by atoms with van der Waals surface area (Å²) in [7, 11) is 0. The first-order chi connectivity index (χ1) is 14.4. The maximum Gasteiger partial charge on any atom is 0.355 e. The normalized spacial score (nSPS) is 29.9. The number of nitrogens with two attached hydrogens (primary N) is 1. The summed E-state index contributed by atoms with van der Waals surface area (Å²) in [5.74, 6) is 0.365. The fourth-order valence-corrected chi connectivity index (χ4v) is 5.35. The summed E-state index contributed by atoms with van der Waals surface area (Å²) in [6.07, 6.45) is 5.12. The first-order valence-corrected chi connectivity index (χ1v) is 10.9. The Hall–Kier alpha value is -2.54. The number of oxime groups is 1. The van der Waals surface area contributed by atoms with Gasteiger partial charge in [0.05, 0.1) is 12.2 Å². The molecular formula is C23H29N3O4. The molecule has 0 radical (unpaired) electrons. The van der Waals surface area contributed by atoms with Gasteiger partial charge in [0.1, 0.15) is 11.2 Å². The average molecular weight is 412 g/mol. The van der Waals surface area contributed by atoms with Crippen LogP contribution in [0.1, 0.15) is 67.9 Å². The van der Waals surface area contributed by atoms with Crippen molar-refractivity contribution in [1.29, 1.82) is 0 Å². The van der Waals surface area contributed by atoms with Crippen LogP contribution in [0.25, 0.3) is 10.9 Å². The summed E-state index contributed by atoms with van der Waals surface area (Å²) >= 11 is 0. The summed E-state index contributed by atoms with van der Waals surface area (Å²) in [6.45, 7) is 4.94. The lowest BCUT2D eigenvalue weighted by Gasteiger charge is -2.30. The summed E-state index contributed by atoms with van der Waals surface area (Å²) in [5, 5.41) is 13.7. The van der Waals surface area contributed by atoms with Crippen LogP contribution in [0, 0.1) is 5.92 Å². The molecule has 30 heavy (non-hydrogen) atoms. The van der Waals surface area contributed by atoms with Crippen LogP contribution in [-0.4, -0.2) is 40.4 Å². The van der Waals surface area contributed by atoms with E-state index in [0.29, 0.717) is 24.6 Å². The minimum absolute atomic E-state index is 0.111. The number of carbonyl (C=O) groups is 1. The molecule has 1 saturated heterocycles. The summed E-state index contributed by atoms with van der Waals surface area (Å²) < 4.78 is 13.2. The zero-order chi connectivity index (χ0) is 21.1. The molecule has 1 aromatic carbocycles. The molecule has 2 aliphatic carbocycles. The monoisotopic (exact) mass is 411 g/mol. The highest BCUT2D eigenvalue weighted by molar-refractivity contribution is 6.00. The van der Waals surface area contributed by atoms with Crippen molar-refractivity contribution in [2.24, 2.45) is 16.8 Å². The molecule has 7 nitrogen and oxygen atoms in total. The van der Waals surface area contributed by atoms with Crippen LogP contribution < -0.4 is 5.73 Å². The molecule has 160 valence electrons. The number of benzene rings is 1. The Bertz CT molecular complexity index is 1040. The predicted molar refractivity (Wildman–Crippen MR) is 113 cm³/mol. The third-order valence-corrected chi connectivity index (χ3v) is 7.31. The second-order valence-electron chi connectivity index (χ2n) is 9.14. The van der Waals surface area contributed by atoms with Crippen LogP contribution in [0.5, 0.6) is 0 Å². The molecule has 1 aromatic heterocycles. The number of fused-ring (bicyclic) bond motifs is 1. The Morgan fingerprint density at radius 1 is 1.37 bits per heavy atom. The van der Waals surface area contributed by atoms with E-state index in [1.54, 1.807) is 6.92 Å². The molecule has 2 saturated carbocycles. The Morgan fingerprint density at radius 2 is 2.13 bits per heavy atom. The number of carbonyl (C=O) groups excluding carboxylic acids is 1. The number of nitrogens with zero attached hydrogens (tertiary/aromatic N) is 2. The number of ether oxygens (including phenoxy) is 2. The quantitative estimate of drug-likeness (QED) is 0.257. The van der Waals surface area contributed by atoms with Gasteiger partial charge in [-0.15, -0.1) is 0 Å². The third kappa shape index (κ3) is 2.82. The van der Waals surface area contributed by atoms with Gasteiger partial charge in [-0.3, -0.25) is 0 Å². The maximum absolute atomic E-state index is 12.8. The van der Waals surface area contributed by atoms with E-state index < -0.39 is 5.54 Å². The van der Waals surface area contributed by atoms with Crippen LogP contribution >= 0.6 is 0 Å². The van der Waals surface area contributed by atoms with E-state index in [-0.39, 0.29) is 23.3 Å². The molecule has 3 atom stereocenters. The van der Waals surface area contributed by atoms with E-state index in [0.717, 1.165) is 43.2 Å². The van der Waals surface area contributed by atoms with Crippen molar-refractivity contribution in [1.82, 2.24) is 4.57 Å². The lowest BCUT2D eigenvalue weighted by Crippen LogP contribution is -2.38. The minimum atomic E-state index is -0.698. The predicted octanol–water partition coefficient (Wildman–Crippen LogP) is 3.73.